The predicted octanol–water partition coefficient (Wildman–Crippen LogP) is 4.09. The number of ether oxygens (including phenoxy) is 1. The molecule has 0 amide bonds. The summed E-state index contributed by atoms with van der Waals surface area (Å²) in [7, 11) is 1.48. The zero-order valence-electron chi connectivity index (χ0n) is 13.1. The van der Waals surface area contributed by atoms with Gasteiger partial charge in [0.2, 0.25) is 0 Å². The standard InChI is InChI=1S/C19H19FN2O/c1-23-19-7-4-16(12-18(19)20)15-8-10-22(11-9-15)17-5-2-14(13-21)3-6-17/h2-7,12,15H,8-11H2,1H3. The Labute approximate surface area is 135 Å². The molecule has 0 spiro atoms. The highest BCUT2D eigenvalue weighted by molar-refractivity contribution is 5.50. The van der Waals surface area contributed by atoms with Crippen molar-refractivity contribution in [3.8, 4) is 11.8 Å². The summed E-state index contributed by atoms with van der Waals surface area (Å²) in [5.74, 6) is 0.383. The number of piperidine rings is 1. The van der Waals surface area contributed by atoms with E-state index in [0.717, 1.165) is 37.2 Å². The van der Waals surface area contributed by atoms with Crippen LogP contribution in [0.25, 0.3) is 0 Å². The molecule has 3 nitrogen and oxygen atoms in total. The quantitative estimate of drug-likeness (QED) is 0.856. The summed E-state index contributed by atoms with van der Waals surface area (Å²) in [6, 6.07) is 15.1. The molecule has 0 aliphatic carbocycles. The predicted molar refractivity (Wildman–Crippen MR) is 88.3 cm³/mol. The lowest BCUT2D eigenvalue weighted by Gasteiger charge is -2.34. The topological polar surface area (TPSA) is 36.3 Å². The number of hydrogen-bond donors (Lipinski definition) is 0. The van der Waals surface area contributed by atoms with E-state index >= 15 is 0 Å². The van der Waals surface area contributed by atoms with Gasteiger partial charge in [0, 0.05) is 18.8 Å². The number of methoxy groups -OCH3 is 1. The molecule has 2 aromatic carbocycles. The molecule has 1 aliphatic rings. The van der Waals surface area contributed by atoms with Crippen LogP contribution < -0.4 is 9.64 Å². The maximum Gasteiger partial charge on any atom is 0.165 e. The fraction of sp³-hybridized carbons (Fsp3) is 0.316. The summed E-state index contributed by atoms with van der Waals surface area (Å²) in [4.78, 5) is 2.32. The lowest BCUT2D eigenvalue weighted by atomic mass is 9.89. The lowest BCUT2D eigenvalue weighted by molar-refractivity contribution is 0.385. The molecule has 3 rings (SSSR count). The average Bonchev–Trinajstić information content (AvgIpc) is 2.62. The van der Waals surface area contributed by atoms with Crippen molar-refractivity contribution in [1.29, 1.82) is 5.26 Å². The molecule has 2 aromatic rings. The minimum absolute atomic E-state index is 0.292. The van der Waals surface area contributed by atoms with Gasteiger partial charge in [0.15, 0.2) is 11.6 Å². The summed E-state index contributed by atoms with van der Waals surface area (Å²) in [6.07, 6.45) is 1.98. The van der Waals surface area contributed by atoms with E-state index < -0.39 is 0 Å². The smallest absolute Gasteiger partial charge is 0.165 e. The third kappa shape index (κ3) is 3.29. The van der Waals surface area contributed by atoms with Crippen LogP contribution in [0.5, 0.6) is 5.75 Å². The van der Waals surface area contributed by atoms with Crippen LogP contribution in [0.15, 0.2) is 42.5 Å². The normalized spacial score (nSPS) is 15.3. The van der Waals surface area contributed by atoms with E-state index in [2.05, 4.69) is 11.0 Å². The van der Waals surface area contributed by atoms with Crippen LogP contribution in [0.1, 0.15) is 29.9 Å². The van der Waals surface area contributed by atoms with Crippen LogP contribution in [-0.4, -0.2) is 20.2 Å². The van der Waals surface area contributed by atoms with E-state index in [4.69, 9.17) is 10.00 Å². The Morgan fingerprint density at radius 1 is 1.13 bits per heavy atom. The minimum Gasteiger partial charge on any atom is -0.494 e. The largest absolute Gasteiger partial charge is 0.494 e. The van der Waals surface area contributed by atoms with Crippen LogP contribution in [0.2, 0.25) is 0 Å². The van der Waals surface area contributed by atoms with Gasteiger partial charge in [-0.25, -0.2) is 4.39 Å². The Balaban J connectivity index is 1.66. The second kappa shape index (κ2) is 6.70. The average molecular weight is 310 g/mol. The minimum atomic E-state index is -0.292. The number of halogens is 1. The number of nitriles is 1. The second-order valence-electron chi connectivity index (χ2n) is 5.81. The van der Waals surface area contributed by atoms with E-state index in [1.54, 1.807) is 12.1 Å². The van der Waals surface area contributed by atoms with Gasteiger partial charge in [-0.15, -0.1) is 0 Å². The zero-order valence-corrected chi connectivity index (χ0v) is 13.1. The van der Waals surface area contributed by atoms with Gasteiger partial charge < -0.3 is 9.64 Å². The third-order valence-corrected chi connectivity index (χ3v) is 4.50. The first kappa shape index (κ1) is 15.4. The van der Waals surface area contributed by atoms with E-state index in [9.17, 15) is 4.39 Å². The number of nitrogens with zero attached hydrogens (tertiary/aromatic N) is 2. The fourth-order valence-electron chi connectivity index (χ4n) is 3.15. The molecule has 1 heterocycles. The highest BCUT2D eigenvalue weighted by atomic mass is 19.1. The van der Waals surface area contributed by atoms with Gasteiger partial charge in [-0.2, -0.15) is 5.26 Å². The number of hydrogen-bond acceptors (Lipinski definition) is 3. The van der Waals surface area contributed by atoms with E-state index in [1.807, 2.05) is 30.3 Å². The molecule has 0 radical (unpaired) electrons. The van der Waals surface area contributed by atoms with E-state index in [0.29, 0.717) is 17.2 Å². The number of anilines is 1. The molecule has 118 valence electrons. The molecular weight excluding hydrogens is 291 g/mol. The van der Waals surface area contributed by atoms with Crippen molar-refractivity contribution in [2.75, 3.05) is 25.1 Å². The van der Waals surface area contributed by atoms with Crippen molar-refractivity contribution < 1.29 is 9.13 Å². The van der Waals surface area contributed by atoms with Crippen LogP contribution in [0.3, 0.4) is 0 Å². The van der Waals surface area contributed by atoms with Crippen molar-refractivity contribution in [3.05, 3.63) is 59.4 Å². The Morgan fingerprint density at radius 3 is 2.39 bits per heavy atom. The first-order valence-electron chi connectivity index (χ1n) is 7.80. The summed E-state index contributed by atoms with van der Waals surface area (Å²) in [5, 5.41) is 8.86. The molecule has 0 bridgehead atoms. The van der Waals surface area contributed by atoms with Crippen LogP contribution >= 0.6 is 0 Å². The Hall–Kier alpha value is -2.54. The molecule has 0 aromatic heterocycles. The second-order valence-corrected chi connectivity index (χ2v) is 5.81. The van der Waals surface area contributed by atoms with Crippen molar-refractivity contribution in [2.24, 2.45) is 0 Å². The molecule has 0 saturated carbocycles. The van der Waals surface area contributed by atoms with Crippen molar-refractivity contribution in [3.63, 3.8) is 0 Å². The van der Waals surface area contributed by atoms with Crippen molar-refractivity contribution in [1.82, 2.24) is 0 Å². The van der Waals surface area contributed by atoms with Gasteiger partial charge in [-0.3, -0.25) is 0 Å². The highest BCUT2D eigenvalue weighted by Gasteiger charge is 2.21. The number of rotatable bonds is 3. The van der Waals surface area contributed by atoms with E-state index in [1.165, 1.54) is 7.11 Å². The summed E-state index contributed by atoms with van der Waals surface area (Å²) >= 11 is 0. The van der Waals surface area contributed by atoms with Crippen molar-refractivity contribution in [2.45, 2.75) is 18.8 Å². The van der Waals surface area contributed by atoms with Gasteiger partial charge in [0.05, 0.1) is 18.7 Å². The summed E-state index contributed by atoms with van der Waals surface area (Å²) in [6.45, 7) is 1.87. The van der Waals surface area contributed by atoms with Gasteiger partial charge in [0.1, 0.15) is 0 Å². The Morgan fingerprint density at radius 2 is 1.83 bits per heavy atom. The van der Waals surface area contributed by atoms with Gasteiger partial charge >= 0.3 is 0 Å². The monoisotopic (exact) mass is 310 g/mol. The molecule has 0 unspecified atom stereocenters. The fourth-order valence-corrected chi connectivity index (χ4v) is 3.15. The molecule has 1 saturated heterocycles. The van der Waals surface area contributed by atoms with Gasteiger partial charge in [-0.1, -0.05) is 6.07 Å². The third-order valence-electron chi connectivity index (χ3n) is 4.50. The highest BCUT2D eigenvalue weighted by Crippen LogP contribution is 2.32. The SMILES string of the molecule is COc1ccc(C2CCN(c3ccc(C#N)cc3)CC2)cc1F. The summed E-state index contributed by atoms with van der Waals surface area (Å²) < 4.78 is 18.8. The number of benzene rings is 2. The Bertz CT molecular complexity index is 713. The first-order chi connectivity index (χ1) is 11.2. The molecule has 1 aliphatic heterocycles. The molecule has 23 heavy (non-hydrogen) atoms. The molecule has 0 atom stereocenters. The Kier molecular flexibility index (Phi) is 4.47. The maximum absolute atomic E-state index is 13.9. The molecular formula is C19H19FN2O. The molecule has 4 heteroatoms. The van der Waals surface area contributed by atoms with Crippen LogP contribution in [0.4, 0.5) is 10.1 Å². The van der Waals surface area contributed by atoms with Crippen LogP contribution in [-0.2, 0) is 0 Å². The lowest BCUT2D eigenvalue weighted by Crippen LogP contribution is -2.32. The maximum atomic E-state index is 13.9. The summed E-state index contributed by atoms with van der Waals surface area (Å²) in [5.41, 5.74) is 2.86. The first-order valence-corrected chi connectivity index (χ1v) is 7.80. The van der Waals surface area contributed by atoms with Crippen molar-refractivity contribution >= 4 is 5.69 Å². The van der Waals surface area contributed by atoms with E-state index in [-0.39, 0.29) is 5.82 Å². The zero-order chi connectivity index (χ0) is 16.2. The van der Waals surface area contributed by atoms with Crippen LogP contribution in [0, 0.1) is 17.1 Å². The molecule has 0 N–H and O–H groups in total. The van der Waals surface area contributed by atoms with Gasteiger partial charge in [-0.05, 0) is 60.7 Å². The van der Waals surface area contributed by atoms with Gasteiger partial charge in [0.25, 0.3) is 0 Å². The molecule has 1 fully saturated rings.